The fraction of sp³-hybridized carbons (Fsp3) is 0.100. The highest BCUT2D eigenvalue weighted by Crippen LogP contribution is 2.14. The Kier molecular flexibility index (Phi) is 4.33. The fourth-order valence-corrected chi connectivity index (χ4v) is 2.70. The van der Waals surface area contributed by atoms with Crippen LogP contribution in [0.2, 0.25) is 0 Å². The average molecular weight is 362 g/mol. The summed E-state index contributed by atoms with van der Waals surface area (Å²) in [4.78, 5) is 26.0. The Morgan fingerprint density at radius 3 is 2.81 bits per heavy atom. The molecule has 0 atom stereocenters. The van der Waals surface area contributed by atoms with Gasteiger partial charge in [0.25, 0.3) is 5.56 Å². The van der Waals surface area contributed by atoms with Gasteiger partial charge in [0.15, 0.2) is 0 Å². The predicted molar refractivity (Wildman–Crippen MR) is 99.5 cm³/mol. The maximum Gasteiger partial charge on any atom is 0.262 e. The lowest BCUT2D eigenvalue weighted by Gasteiger charge is -2.11. The van der Waals surface area contributed by atoms with Crippen molar-refractivity contribution in [1.82, 2.24) is 19.5 Å². The quantitative estimate of drug-likeness (QED) is 0.556. The Bertz CT molecular complexity index is 1180. The van der Waals surface area contributed by atoms with Gasteiger partial charge in [-0.05, 0) is 43.3 Å². The lowest BCUT2D eigenvalue weighted by atomic mass is 10.2. The summed E-state index contributed by atoms with van der Waals surface area (Å²) in [6.45, 7) is 2.04. The third-order valence-electron chi connectivity index (χ3n) is 4.04. The van der Waals surface area contributed by atoms with Crippen molar-refractivity contribution in [1.29, 1.82) is 0 Å². The summed E-state index contributed by atoms with van der Waals surface area (Å²) in [6, 6.07) is 7.48. The number of nitrogens with zero attached hydrogens (tertiary/aromatic N) is 4. The summed E-state index contributed by atoms with van der Waals surface area (Å²) in [6.07, 6.45) is 8.17. The molecular formula is C20H15FN4O2. The van der Waals surface area contributed by atoms with Gasteiger partial charge < -0.3 is 4.42 Å². The van der Waals surface area contributed by atoms with Crippen molar-refractivity contribution in [2.45, 2.75) is 13.5 Å². The van der Waals surface area contributed by atoms with Gasteiger partial charge in [0.1, 0.15) is 17.4 Å². The van der Waals surface area contributed by atoms with E-state index in [0.29, 0.717) is 28.2 Å². The Morgan fingerprint density at radius 2 is 2.07 bits per heavy atom. The van der Waals surface area contributed by atoms with Crippen LogP contribution in [0.25, 0.3) is 23.1 Å². The highest BCUT2D eigenvalue weighted by atomic mass is 19.1. The molecule has 0 saturated heterocycles. The smallest absolute Gasteiger partial charge is 0.262 e. The minimum absolute atomic E-state index is 0.199. The molecule has 3 heterocycles. The molecule has 0 fully saturated rings. The molecule has 0 bridgehead atoms. The van der Waals surface area contributed by atoms with Gasteiger partial charge in [-0.1, -0.05) is 0 Å². The SMILES string of the molecule is Cc1cnc(Cn2c(/C=C/c3ccco3)nc3cc(F)ccc3c2=O)cn1. The molecular weight excluding hydrogens is 347 g/mol. The van der Waals surface area contributed by atoms with Gasteiger partial charge in [-0.25, -0.2) is 9.37 Å². The monoisotopic (exact) mass is 362 g/mol. The van der Waals surface area contributed by atoms with Crippen LogP contribution in [0.1, 0.15) is 23.0 Å². The molecule has 0 radical (unpaired) electrons. The predicted octanol–water partition coefficient (Wildman–Crippen LogP) is 3.45. The first-order valence-corrected chi connectivity index (χ1v) is 8.29. The third-order valence-corrected chi connectivity index (χ3v) is 4.04. The fourth-order valence-electron chi connectivity index (χ4n) is 2.70. The zero-order valence-electron chi connectivity index (χ0n) is 14.5. The summed E-state index contributed by atoms with van der Waals surface area (Å²) in [5.41, 5.74) is 1.43. The normalized spacial score (nSPS) is 11.5. The number of hydrogen-bond acceptors (Lipinski definition) is 5. The Labute approximate surface area is 153 Å². The summed E-state index contributed by atoms with van der Waals surface area (Å²) < 4.78 is 20.4. The van der Waals surface area contributed by atoms with Crippen molar-refractivity contribution in [3.8, 4) is 0 Å². The second-order valence-corrected chi connectivity index (χ2v) is 6.02. The van der Waals surface area contributed by atoms with E-state index in [1.54, 1.807) is 42.9 Å². The molecule has 134 valence electrons. The minimum Gasteiger partial charge on any atom is -0.465 e. The molecule has 0 aliphatic carbocycles. The minimum atomic E-state index is -0.447. The first kappa shape index (κ1) is 16.8. The van der Waals surface area contributed by atoms with Gasteiger partial charge >= 0.3 is 0 Å². The van der Waals surface area contributed by atoms with Gasteiger partial charge in [-0.3, -0.25) is 19.3 Å². The van der Waals surface area contributed by atoms with Gasteiger partial charge in [0.05, 0.1) is 41.3 Å². The van der Waals surface area contributed by atoms with Crippen LogP contribution in [0, 0.1) is 12.7 Å². The Hall–Kier alpha value is -3.61. The van der Waals surface area contributed by atoms with E-state index in [-0.39, 0.29) is 12.1 Å². The number of halogens is 1. The highest BCUT2D eigenvalue weighted by Gasteiger charge is 2.11. The van der Waals surface area contributed by atoms with E-state index in [0.717, 1.165) is 5.69 Å². The van der Waals surface area contributed by atoms with Crippen molar-refractivity contribution >= 4 is 23.1 Å². The number of furan rings is 1. The maximum absolute atomic E-state index is 13.6. The van der Waals surface area contributed by atoms with Crippen LogP contribution in [0.4, 0.5) is 4.39 Å². The van der Waals surface area contributed by atoms with Crippen molar-refractivity contribution in [2.24, 2.45) is 0 Å². The third kappa shape index (κ3) is 3.52. The number of hydrogen-bond donors (Lipinski definition) is 0. The van der Waals surface area contributed by atoms with E-state index in [1.807, 2.05) is 6.92 Å². The topological polar surface area (TPSA) is 73.8 Å². The number of aromatic nitrogens is 4. The molecule has 6 nitrogen and oxygen atoms in total. The molecule has 0 aliphatic heterocycles. The number of rotatable bonds is 4. The Morgan fingerprint density at radius 1 is 1.19 bits per heavy atom. The summed E-state index contributed by atoms with van der Waals surface area (Å²) in [7, 11) is 0. The van der Waals surface area contributed by atoms with Crippen LogP contribution in [-0.4, -0.2) is 19.5 Å². The highest BCUT2D eigenvalue weighted by molar-refractivity contribution is 5.79. The standard InChI is InChI=1S/C20H15FN4O2/c1-13-10-23-15(11-22-13)12-25-19(7-5-16-3-2-8-27-16)24-18-9-14(21)4-6-17(18)20(25)26/h2-11H,12H2,1H3/b7-5+. The molecule has 3 aromatic heterocycles. The second kappa shape index (κ2) is 6.95. The molecule has 1 aromatic carbocycles. The molecule has 0 unspecified atom stereocenters. The van der Waals surface area contributed by atoms with Crippen molar-refractivity contribution in [3.05, 3.63) is 88.1 Å². The van der Waals surface area contributed by atoms with Gasteiger partial charge in [-0.2, -0.15) is 0 Å². The van der Waals surface area contributed by atoms with E-state index >= 15 is 0 Å². The summed E-state index contributed by atoms with van der Waals surface area (Å²) in [5.74, 6) is 0.541. The first-order chi connectivity index (χ1) is 13.1. The maximum atomic E-state index is 13.6. The van der Waals surface area contributed by atoms with Gasteiger partial charge in [0.2, 0.25) is 0 Å². The molecule has 4 rings (SSSR count). The zero-order chi connectivity index (χ0) is 18.8. The first-order valence-electron chi connectivity index (χ1n) is 8.29. The van der Waals surface area contributed by atoms with Crippen LogP contribution in [0.3, 0.4) is 0 Å². The lowest BCUT2D eigenvalue weighted by molar-refractivity contribution is 0.557. The van der Waals surface area contributed by atoms with Gasteiger partial charge in [0, 0.05) is 12.3 Å². The van der Waals surface area contributed by atoms with E-state index in [2.05, 4.69) is 15.0 Å². The van der Waals surface area contributed by atoms with Crippen LogP contribution in [-0.2, 0) is 6.54 Å². The largest absolute Gasteiger partial charge is 0.465 e. The molecule has 0 saturated carbocycles. The molecule has 7 heteroatoms. The van der Waals surface area contributed by atoms with Crippen molar-refractivity contribution < 1.29 is 8.81 Å². The van der Waals surface area contributed by atoms with Gasteiger partial charge in [-0.15, -0.1) is 0 Å². The van der Waals surface area contributed by atoms with Crippen LogP contribution < -0.4 is 5.56 Å². The summed E-state index contributed by atoms with van der Waals surface area (Å²) >= 11 is 0. The molecule has 27 heavy (non-hydrogen) atoms. The zero-order valence-corrected chi connectivity index (χ0v) is 14.5. The van der Waals surface area contributed by atoms with E-state index in [9.17, 15) is 9.18 Å². The van der Waals surface area contributed by atoms with E-state index in [1.165, 1.54) is 22.8 Å². The number of benzene rings is 1. The molecule has 0 N–H and O–H groups in total. The molecule has 0 amide bonds. The average Bonchev–Trinajstić information content (AvgIpc) is 3.17. The van der Waals surface area contributed by atoms with Crippen LogP contribution in [0.5, 0.6) is 0 Å². The second-order valence-electron chi connectivity index (χ2n) is 6.02. The number of fused-ring (bicyclic) bond motifs is 1. The lowest BCUT2D eigenvalue weighted by Crippen LogP contribution is -2.25. The molecule has 0 spiro atoms. The summed E-state index contributed by atoms with van der Waals surface area (Å²) in [5, 5.41) is 0.339. The van der Waals surface area contributed by atoms with Crippen LogP contribution >= 0.6 is 0 Å². The van der Waals surface area contributed by atoms with Crippen molar-refractivity contribution in [2.75, 3.05) is 0 Å². The van der Waals surface area contributed by atoms with Crippen molar-refractivity contribution in [3.63, 3.8) is 0 Å². The van der Waals surface area contributed by atoms with E-state index < -0.39 is 5.82 Å². The van der Waals surface area contributed by atoms with Crippen LogP contribution in [0.15, 0.2) is 58.2 Å². The molecule has 4 aromatic rings. The number of aryl methyl sites for hydroxylation is 1. The van der Waals surface area contributed by atoms with E-state index in [4.69, 9.17) is 4.42 Å². The molecule has 0 aliphatic rings. The Balaban J connectivity index is 1.86.